The molecule has 0 fully saturated rings. The molecule has 0 spiro atoms. The summed E-state index contributed by atoms with van der Waals surface area (Å²) >= 11 is 0. The van der Waals surface area contributed by atoms with E-state index in [0.29, 0.717) is 6.04 Å². The lowest BCUT2D eigenvalue weighted by Gasteiger charge is -2.26. The highest BCUT2D eigenvalue weighted by Gasteiger charge is 2.19. The molecule has 2 rings (SSSR count). The molecule has 1 atom stereocenters. The van der Waals surface area contributed by atoms with Gasteiger partial charge in [-0.1, -0.05) is 29.8 Å². The molecule has 1 aromatic carbocycles. The van der Waals surface area contributed by atoms with Gasteiger partial charge in [0.05, 0.1) is 6.61 Å². The summed E-state index contributed by atoms with van der Waals surface area (Å²) in [6.45, 7) is 5.99. The van der Waals surface area contributed by atoms with Crippen molar-refractivity contribution in [3.63, 3.8) is 0 Å². The van der Waals surface area contributed by atoms with Crippen LogP contribution in [0.1, 0.15) is 31.9 Å². The number of allylic oxidation sites excluding steroid dienone is 1. The van der Waals surface area contributed by atoms with Crippen molar-refractivity contribution in [2.24, 2.45) is 0 Å². The molecular formula is C14H19NO. The van der Waals surface area contributed by atoms with Crippen molar-refractivity contribution in [1.29, 1.82) is 0 Å². The zero-order valence-electron chi connectivity index (χ0n) is 9.99. The SMILES string of the molecule is CC(C)=CCNC1CCOc2ccccc21. The summed E-state index contributed by atoms with van der Waals surface area (Å²) in [5.74, 6) is 1.03. The Balaban J connectivity index is 2.04. The molecule has 0 amide bonds. The summed E-state index contributed by atoms with van der Waals surface area (Å²) in [6, 6.07) is 8.72. The van der Waals surface area contributed by atoms with Crippen LogP contribution in [-0.4, -0.2) is 13.2 Å². The molecule has 0 radical (unpaired) electrons. The van der Waals surface area contributed by atoms with Crippen molar-refractivity contribution in [1.82, 2.24) is 5.32 Å². The second-order valence-corrected chi connectivity index (χ2v) is 4.42. The Morgan fingerprint density at radius 1 is 1.44 bits per heavy atom. The van der Waals surface area contributed by atoms with E-state index in [1.54, 1.807) is 0 Å². The van der Waals surface area contributed by atoms with Crippen LogP contribution in [0.25, 0.3) is 0 Å². The van der Waals surface area contributed by atoms with E-state index in [1.165, 1.54) is 11.1 Å². The van der Waals surface area contributed by atoms with Gasteiger partial charge >= 0.3 is 0 Å². The minimum Gasteiger partial charge on any atom is -0.493 e. The normalized spacial score (nSPS) is 18.5. The summed E-state index contributed by atoms with van der Waals surface area (Å²) in [5.41, 5.74) is 2.64. The van der Waals surface area contributed by atoms with Gasteiger partial charge in [-0.3, -0.25) is 0 Å². The smallest absolute Gasteiger partial charge is 0.124 e. The molecule has 1 unspecified atom stereocenters. The minimum absolute atomic E-state index is 0.431. The van der Waals surface area contributed by atoms with E-state index in [0.717, 1.165) is 25.3 Å². The van der Waals surface area contributed by atoms with Crippen molar-refractivity contribution in [2.45, 2.75) is 26.3 Å². The minimum atomic E-state index is 0.431. The molecule has 86 valence electrons. The Bertz CT molecular complexity index is 380. The molecule has 16 heavy (non-hydrogen) atoms. The highest BCUT2D eigenvalue weighted by molar-refractivity contribution is 5.37. The van der Waals surface area contributed by atoms with Gasteiger partial charge in [-0.25, -0.2) is 0 Å². The summed E-state index contributed by atoms with van der Waals surface area (Å²) in [7, 11) is 0. The topological polar surface area (TPSA) is 21.3 Å². The molecule has 0 saturated carbocycles. The lowest BCUT2D eigenvalue weighted by molar-refractivity contribution is 0.255. The predicted molar refractivity (Wildman–Crippen MR) is 66.7 cm³/mol. The Hall–Kier alpha value is -1.28. The van der Waals surface area contributed by atoms with Crippen LogP contribution in [0.2, 0.25) is 0 Å². The Labute approximate surface area is 97.3 Å². The molecule has 0 saturated heterocycles. The molecule has 1 aliphatic rings. The van der Waals surface area contributed by atoms with Gasteiger partial charge in [0.1, 0.15) is 5.75 Å². The number of para-hydroxylation sites is 1. The molecule has 0 aliphatic carbocycles. The largest absolute Gasteiger partial charge is 0.493 e. The first-order chi connectivity index (χ1) is 7.77. The first-order valence-corrected chi connectivity index (χ1v) is 5.86. The van der Waals surface area contributed by atoms with Gasteiger partial charge in [-0.15, -0.1) is 0 Å². The monoisotopic (exact) mass is 217 g/mol. The summed E-state index contributed by atoms with van der Waals surface area (Å²) in [6.07, 6.45) is 3.27. The van der Waals surface area contributed by atoms with E-state index in [9.17, 15) is 0 Å². The summed E-state index contributed by atoms with van der Waals surface area (Å²) in [4.78, 5) is 0. The Kier molecular flexibility index (Phi) is 3.62. The highest BCUT2D eigenvalue weighted by atomic mass is 16.5. The summed E-state index contributed by atoms with van der Waals surface area (Å²) in [5, 5.41) is 3.55. The molecular weight excluding hydrogens is 198 g/mol. The number of fused-ring (bicyclic) bond motifs is 1. The standard InChI is InChI=1S/C14H19NO/c1-11(2)7-9-15-13-8-10-16-14-6-4-3-5-12(13)14/h3-7,13,15H,8-10H2,1-2H3. The number of hydrogen-bond donors (Lipinski definition) is 1. The van der Waals surface area contributed by atoms with E-state index in [-0.39, 0.29) is 0 Å². The molecule has 2 nitrogen and oxygen atoms in total. The van der Waals surface area contributed by atoms with Gasteiger partial charge in [0, 0.05) is 24.6 Å². The maximum atomic E-state index is 5.63. The molecule has 1 N–H and O–H groups in total. The fraction of sp³-hybridized carbons (Fsp3) is 0.429. The Morgan fingerprint density at radius 2 is 2.25 bits per heavy atom. The lowest BCUT2D eigenvalue weighted by Crippen LogP contribution is -2.27. The fourth-order valence-corrected chi connectivity index (χ4v) is 1.96. The van der Waals surface area contributed by atoms with Gasteiger partial charge in [0.25, 0.3) is 0 Å². The number of nitrogens with one attached hydrogen (secondary N) is 1. The first-order valence-electron chi connectivity index (χ1n) is 5.86. The first kappa shape index (κ1) is 11.2. The fourth-order valence-electron chi connectivity index (χ4n) is 1.96. The lowest BCUT2D eigenvalue weighted by atomic mass is 10.0. The third kappa shape index (κ3) is 2.64. The van der Waals surface area contributed by atoms with E-state index in [4.69, 9.17) is 4.74 Å². The zero-order chi connectivity index (χ0) is 11.4. The highest BCUT2D eigenvalue weighted by Crippen LogP contribution is 2.31. The van der Waals surface area contributed by atoms with Crippen LogP contribution >= 0.6 is 0 Å². The van der Waals surface area contributed by atoms with Gasteiger partial charge in [0.15, 0.2) is 0 Å². The molecule has 0 bridgehead atoms. The van der Waals surface area contributed by atoms with Crippen molar-refractivity contribution in [3.8, 4) is 5.75 Å². The number of benzene rings is 1. The van der Waals surface area contributed by atoms with Gasteiger partial charge in [0.2, 0.25) is 0 Å². The predicted octanol–water partition coefficient (Wildman–Crippen LogP) is 3.07. The second-order valence-electron chi connectivity index (χ2n) is 4.42. The van der Waals surface area contributed by atoms with Crippen molar-refractivity contribution < 1.29 is 4.74 Å². The molecule has 1 heterocycles. The van der Waals surface area contributed by atoms with Crippen molar-refractivity contribution in [3.05, 3.63) is 41.5 Å². The average Bonchev–Trinajstić information content (AvgIpc) is 2.29. The van der Waals surface area contributed by atoms with Crippen LogP contribution in [0, 0.1) is 0 Å². The van der Waals surface area contributed by atoms with Crippen LogP contribution in [0.3, 0.4) is 0 Å². The van der Waals surface area contributed by atoms with Gasteiger partial charge < -0.3 is 10.1 Å². The van der Waals surface area contributed by atoms with Crippen LogP contribution < -0.4 is 10.1 Å². The average molecular weight is 217 g/mol. The number of ether oxygens (including phenoxy) is 1. The quantitative estimate of drug-likeness (QED) is 0.786. The zero-order valence-corrected chi connectivity index (χ0v) is 9.99. The van der Waals surface area contributed by atoms with Crippen LogP contribution in [0.15, 0.2) is 35.9 Å². The maximum Gasteiger partial charge on any atom is 0.124 e. The van der Waals surface area contributed by atoms with E-state index < -0.39 is 0 Å². The van der Waals surface area contributed by atoms with Crippen LogP contribution in [-0.2, 0) is 0 Å². The molecule has 2 heteroatoms. The van der Waals surface area contributed by atoms with Gasteiger partial charge in [-0.05, 0) is 19.9 Å². The maximum absolute atomic E-state index is 5.63. The second kappa shape index (κ2) is 5.17. The Morgan fingerprint density at radius 3 is 3.06 bits per heavy atom. The summed E-state index contributed by atoms with van der Waals surface area (Å²) < 4.78 is 5.63. The number of hydrogen-bond acceptors (Lipinski definition) is 2. The van der Waals surface area contributed by atoms with Crippen molar-refractivity contribution >= 4 is 0 Å². The van der Waals surface area contributed by atoms with Gasteiger partial charge in [-0.2, -0.15) is 0 Å². The number of rotatable bonds is 3. The van der Waals surface area contributed by atoms with Crippen LogP contribution in [0.4, 0.5) is 0 Å². The van der Waals surface area contributed by atoms with E-state index in [2.05, 4.69) is 37.4 Å². The molecule has 1 aromatic rings. The van der Waals surface area contributed by atoms with Crippen molar-refractivity contribution in [2.75, 3.05) is 13.2 Å². The van der Waals surface area contributed by atoms with E-state index >= 15 is 0 Å². The third-order valence-corrected chi connectivity index (χ3v) is 2.83. The van der Waals surface area contributed by atoms with E-state index in [1.807, 2.05) is 12.1 Å². The molecule has 1 aliphatic heterocycles. The third-order valence-electron chi connectivity index (χ3n) is 2.83. The van der Waals surface area contributed by atoms with Crippen LogP contribution in [0.5, 0.6) is 5.75 Å². The molecule has 0 aromatic heterocycles.